The third-order valence-electron chi connectivity index (χ3n) is 3.35. The molecule has 2 N–H and O–H groups in total. The SMILES string of the molecule is OB(O)c1ccc2c(cnn2C2CCCCO2)c1. The van der Waals surface area contributed by atoms with Crippen LogP contribution in [0, 0.1) is 0 Å². The van der Waals surface area contributed by atoms with E-state index in [1.54, 1.807) is 18.3 Å². The fourth-order valence-corrected chi connectivity index (χ4v) is 2.38. The van der Waals surface area contributed by atoms with Gasteiger partial charge in [-0.25, -0.2) is 4.68 Å². The van der Waals surface area contributed by atoms with Crippen LogP contribution in [0.25, 0.3) is 10.9 Å². The van der Waals surface area contributed by atoms with Crippen LogP contribution >= 0.6 is 0 Å². The number of hydrogen-bond donors (Lipinski definition) is 2. The number of fused-ring (bicyclic) bond motifs is 1. The molecule has 2 heterocycles. The molecule has 0 radical (unpaired) electrons. The molecule has 0 bridgehead atoms. The Morgan fingerprint density at radius 1 is 1.33 bits per heavy atom. The predicted molar refractivity (Wildman–Crippen MR) is 68.4 cm³/mol. The highest BCUT2D eigenvalue weighted by molar-refractivity contribution is 6.58. The molecule has 1 aromatic carbocycles. The number of benzene rings is 1. The summed E-state index contributed by atoms with van der Waals surface area (Å²) in [6.07, 6.45) is 4.97. The van der Waals surface area contributed by atoms with E-state index in [9.17, 15) is 0 Å². The predicted octanol–water partition coefficient (Wildman–Crippen LogP) is 0.415. The molecular weight excluding hydrogens is 231 g/mol. The highest BCUT2D eigenvalue weighted by Crippen LogP contribution is 2.25. The molecule has 6 heteroatoms. The number of ether oxygens (including phenoxy) is 1. The summed E-state index contributed by atoms with van der Waals surface area (Å²) in [5, 5.41) is 23.5. The summed E-state index contributed by atoms with van der Waals surface area (Å²) in [6.45, 7) is 0.777. The van der Waals surface area contributed by atoms with Crippen molar-refractivity contribution in [2.45, 2.75) is 25.5 Å². The average Bonchev–Trinajstić information content (AvgIpc) is 2.82. The third kappa shape index (κ3) is 2.03. The molecule has 3 rings (SSSR count). The Hall–Kier alpha value is -1.37. The smallest absolute Gasteiger partial charge is 0.423 e. The van der Waals surface area contributed by atoms with Crippen molar-refractivity contribution in [1.82, 2.24) is 9.78 Å². The Morgan fingerprint density at radius 3 is 2.94 bits per heavy atom. The maximum Gasteiger partial charge on any atom is 0.488 e. The van der Waals surface area contributed by atoms with Gasteiger partial charge in [-0.15, -0.1) is 0 Å². The summed E-state index contributed by atoms with van der Waals surface area (Å²) in [5.74, 6) is 0. The second kappa shape index (κ2) is 4.72. The summed E-state index contributed by atoms with van der Waals surface area (Å²) in [4.78, 5) is 0. The maximum absolute atomic E-state index is 9.14. The second-order valence-electron chi connectivity index (χ2n) is 4.60. The topological polar surface area (TPSA) is 67.5 Å². The highest BCUT2D eigenvalue weighted by Gasteiger charge is 2.19. The Bertz CT molecular complexity index is 549. The van der Waals surface area contributed by atoms with Crippen LogP contribution in [0.4, 0.5) is 0 Å². The van der Waals surface area contributed by atoms with Crippen molar-refractivity contribution in [3.63, 3.8) is 0 Å². The van der Waals surface area contributed by atoms with Crippen LogP contribution in [0.15, 0.2) is 24.4 Å². The van der Waals surface area contributed by atoms with Crippen molar-refractivity contribution in [3.05, 3.63) is 24.4 Å². The zero-order chi connectivity index (χ0) is 12.5. The van der Waals surface area contributed by atoms with Crippen LogP contribution in [0.2, 0.25) is 0 Å². The minimum absolute atomic E-state index is 0.00106. The van der Waals surface area contributed by atoms with Gasteiger partial charge in [0.1, 0.15) is 0 Å². The number of rotatable bonds is 2. The van der Waals surface area contributed by atoms with Crippen LogP contribution in [-0.2, 0) is 4.74 Å². The molecule has 18 heavy (non-hydrogen) atoms. The van der Waals surface area contributed by atoms with Gasteiger partial charge in [0.15, 0.2) is 6.23 Å². The third-order valence-corrected chi connectivity index (χ3v) is 3.35. The van der Waals surface area contributed by atoms with Gasteiger partial charge >= 0.3 is 7.12 Å². The maximum atomic E-state index is 9.14. The van der Waals surface area contributed by atoms with Crippen LogP contribution in [0.5, 0.6) is 0 Å². The Balaban J connectivity index is 1.98. The Morgan fingerprint density at radius 2 is 2.22 bits per heavy atom. The molecule has 2 aromatic rings. The molecule has 1 atom stereocenters. The Kier molecular flexibility index (Phi) is 3.07. The number of aromatic nitrogens is 2. The van der Waals surface area contributed by atoms with E-state index in [4.69, 9.17) is 14.8 Å². The quantitative estimate of drug-likeness (QED) is 0.753. The molecule has 0 spiro atoms. The second-order valence-corrected chi connectivity index (χ2v) is 4.60. The lowest BCUT2D eigenvalue weighted by atomic mass is 9.80. The van der Waals surface area contributed by atoms with Crippen molar-refractivity contribution in [2.75, 3.05) is 6.61 Å². The first-order valence-electron chi connectivity index (χ1n) is 6.20. The first-order chi connectivity index (χ1) is 8.75. The number of hydrogen-bond acceptors (Lipinski definition) is 4. The first-order valence-corrected chi connectivity index (χ1v) is 6.20. The molecule has 1 aromatic heterocycles. The van der Waals surface area contributed by atoms with E-state index in [-0.39, 0.29) is 6.23 Å². The van der Waals surface area contributed by atoms with Gasteiger partial charge in [-0.3, -0.25) is 0 Å². The fraction of sp³-hybridized carbons (Fsp3) is 0.417. The summed E-state index contributed by atoms with van der Waals surface area (Å²) < 4.78 is 7.59. The lowest BCUT2D eigenvalue weighted by molar-refractivity contribution is -0.0366. The lowest BCUT2D eigenvalue weighted by Gasteiger charge is -2.23. The lowest BCUT2D eigenvalue weighted by Crippen LogP contribution is -2.29. The zero-order valence-corrected chi connectivity index (χ0v) is 9.99. The molecule has 1 saturated heterocycles. The Labute approximate surface area is 105 Å². The van der Waals surface area contributed by atoms with E-state index in [2.05, 4.69) is 5.10 Å². The zero-order valence-electron chi connectivity index (χ0n) is 9.99. The molecule has 94 valence electrons. The molecule has 1 unspecified atom stereocenters. The molecule has 1 aliphatic rings. The van der Waals surface area contributed by atoms with Gasteiger partial charge < -0.3 is 14.8 Å². The van der Waals surface area contributed by atoms with E-state index in [1.807, 2.05) is 10.7 Å². The highest BCUT2D eigenvalue weighted by atomic mass is 16.5. The molecule has 1 fully saturated rings. The standard InChI is InChI=1S/C12H15BN2O3/c16-13(17)10-4-5-11-9(7-10)8-14-15(11)12-3-1-2-6-18-12/h4-5,7-8,12,16-17H,1-3,6H2. The van der Waals surface area contributed by atoms with Crippen molar-refractivity contribution >= 4 is 23.5 Å². The van der Waals surface area contributed by atoms with Crippen molar-refractivity contribution < 1.29 is 14.8 Å². The van der Waals surface area contributed by atoms with E-state index in [0.29, 0.717) is 5.46 Å². The van der Waals surface area contributed by atoms with Crippen molar-refractivity contribution in [3.8, 4) is 0 Å². The van der Waals surface area contributed by atoms with Crippen molar-refractivity contribution in [2.24, 2.45) is 0 Å². The van der Waals surface area contributed by atoms with E-state index < -0.39 is 7.12 Å². The molecular formula is C12H15BN2O3. The number of nitrogens with zero attached hydrogens (tertiary/aromatic N) is 2. The molecule has 0 aliphatic carbocycles. The summed E-state index contributed by atoms with van der Waals surface area (Å²) in [7, 11) is -1.44. The summed E-state index contributed by atoms with van der Waals surface area (Å²) in [6, 6.07) is 5.30. The van der Waals surface area contributed by atoms with Gasteiger partial charge in [0.2, 0.25) is 0 Å². The van der Waals surface area contributed by atoms with Gasteiger partial charge in [0.05, 0.1) is 11.7 Å². The minimum Gasteiger partial charge on any atom is -0.423 e. The molecule has 1 aliphatic heterocycles. The van der Waals surface area contributed by atoms with Gasteiger partial charge in [-0.05, 0) is 30.8 Å². The molecule has 0 saturated carbocycles. The molecule has 0 amide bonds. The largest absolute Gasteiger partial charge is 0.488 e. The minimum atomic E-state index is -1.44. The van der Waals surface area contributed by atoms with Crippen LogP contribution < -0.4 is 5.46 Å². The van der Waals surface area contributed by atoms with E-state index in [0.717, 1.165) is 36.8 Å². The summed E-state index contributed by atoms with van der Waals surface area (Å²) in [5.41, 5.74) is 1.44. The van der Waals surface area contributed by atoms with Gasteiger partial charge in [0, 0.05) is 12.0 Å². The normalized spacial score (nSPS) is 20.2. The average molecular weight is 246 g/mol. The van der Waals surface area contributed by atoms with Crippen molar-refractivity contribution in [1.29, 1.82) is 0 Å². The summed E-state index contributed by atoms with van der Waals surface area (Å²) >= 11 is 0. The fourth-order valence-electron chi connectivity index (χ4n) is 2.38. The van der Waals surface area contributed by atoms with E-state index >= 15 is 0 Å². The van der Waals surface area contributed by atoms with E-state index in [1.165, 1.54) is 0 Å². The van der Waals surface area contributed by atoms with Gasteiger partial charge in [-0.1, -0.05) is 12.1 Å². The monoisotopic (exact) mass is 246 g/mol. The van der Waals surface area contributed by atoms with Crippen LogP contribution in [0.3, 0.4) is 0 Å². The van der Waals surface area contributed by atoms with Gasteiger partial charge in [0.25, 0.3) is 0 Å². The van der Waals surface area contributed by atoms with Crippen LogP contribution in [0.1, 0.15) is 25.5 Å². The van der Waals surface area contributed by atoms with Crippen LogP contribution in [-0.4, -0.2) is 33.6 Å². The van der Waals surface area contributed by atoms with Gasteiger partial charge in [-0.2, -0.15) is 5.10 Å². The molecule has 5 nitrogen and oxygen atoms in total. The first kappa shape index (κ1) is 11.7.